The largest absolute Gasteiger partial charge is 0.298 e. The second-order valence-corrected chi connectivity index (χ2v) is 6.20. The summed E-state index contributed by atoms with van der Waals surface area (Å²) in [4.78, 5) is 12.9. The maximum absolute atomic E-state index is 11.2. The van der Waals surface area contributed by atoms with Crippen LogP contribution in [0.5, 0.6) is 0 Å². The fourth-order valence-electron chi connectivity index (χ4n) is 1.86. The third-order valence-electron chi connectivity index (χ3n) is 2.87. The van der Waals surface area contributed by atoms with E-state index in [1.54, 1.807) is 12.1 Å². The Hall–Kier alpha value is -0.710. The normalized spacial score (nSPS) is 18.2. The lowest BCUT2D eigenvalue weighted by Gasteiger charge is -2.26. The molecule has 0 unspecified atom stereocenters. The van der Waals surface area contributed by atoms with Gasteiger partial charge in [0, 0.05) is 52.5 Å². The fourth-order valence-corrected chi connectivity index (χ4v) is 3.17. The molecule has 0 radical (unpaired) electrons. The summed E-state index contributed by atoms with van der Waals surface area (Å²) in [7, 11) is -0.661. The van der Waals surface area contributed by atoms with Crippen LogP contribution in [0.15, 0.2) is 18.2 Å². The van der Waals surface area contributed by atoms with Gasteiger partial charge in [-0.2, -0.15) is 0 Å². The Balaban J connectivity index is 2.07. The lowest BCUT2D eigenvalue weighted by atomic mass is 10.1. The van der Waals surface area contributed by atoms with Crippen molar-refractivity contribution in [3.05, 3.63) is 34.3 Å². The smallest absolute Gasteiger partial charge is 0.150 e. The molecule has 92 valence electrons. The number of aldehydes is 1. The molecule has 1 aliphatic rings. The standard InChI is InChI=1S/C12H14ClNO2S/c13-12-2-1-10(9-15)7-11(12)8-14-3-5-17(16)6-4-14/h1-2,7,9H,3-6,8H2. The highest BCUT2D eigenvalue weighted by Crippen LogP contribution is 2.19. The SMILES string of the molecule is O=Cc1ccc(Cl)c(CN2CCS(=O)CC2)c1. The summed E-state index contributed by atoms with van der Waals surface area (Å²) in [6.07, 6.45) is 0.824. The molecule has 1 saturated heterocycles. The molecule has 1 heterocycles. The van der Waals surface area contributed by atoms with Gasteiger partial charge >= 0.3 is 0 Å². The van der Waals surface area contributed by atoms with Crippen LogP contribution in [-0.4, -0.2) is 40.0 Å². The maximum atomic E-state index is 11.2. The van der Waals surface area contributed by atoms with Gasteiger partial charge in [0.1, 0.15) is 6.29 Å². The lowest BCUT2D eigenvalue weighted by molar-refractivity contribution is 0.112. The Morgan fingerprint density at radius 2 is 2.06 bits per heavy atom. The van der Waals surface area contributed by atoms with Gasteiger partial charge in [-0.15, -0.1) is 0 Å². The van der Waals surface area contributed by atoms with Gasteiger partial charge < -0.3 is 0 Å². The molecule has 0 N–H and O–H groups in total. The summed E-state index contributed by atoms with van der Waals surface area (Å²) < 4.78 is 11.2. The van der Waals surface area contributed by atoms with Crippen molar-refractivity contribution >= 4 is 28.7 Å². The topological polar surface area (TPSA) is 37.4 Å². The average molecular weight is 272 g/mol. The van der Waals surface area contributed by atoms with Crippen molar-refractivity contribution in [1.29, 1.82) is 0 Å². The van der Waals surface area contributed by atoms with Crippen LogP contribution in [0.2, 0.25) is 5.02 Å². The first-order valence-electron chi connectivity index (χ1n) is 5.50. The third-order valence-corrected chi connectivity index (χ3v) is 4.51. The quantitative estimate of drug-likeness (QED) is 0.786. The van der Waals surface area contributed by atoms with Crippen LogP contribution in [0.1, 0.15) is 15.9 Å². The minimum Gasteiger partial charge on any atom is -0.298 e. The van der Waals surface area contributed by atoms with E-state index in [1.807, 2.05) is 6.07 Å². The van der Waals surface area contributed by atoms with Crippen LogP contribution in [0.3, 0.4) is 0 Å². The Bertz CT molecular complexity index is 440. The number of benzene rings is 1. The molecule has 2 rings (SSSR count). The van der Waals surface area contributed by atoms with Gasteiger partial charge in [-0.3, -0.25) is 13.9 Å². The van der Waals surface area contributed by atoms with E-state index in [0.717, 1.165) is 43.0 Å². The number of halogens is 1. The van der Waals surface area contributed by atoms with Crippen molar-refractivity contribution in [1.82, 2.24) is 4.90 Å². The molecule has 1 aliphatic heterocycles. The first-order chi connectivity index (χ1) is 8.19. The van der Waals surface area contributed by atoms with Crippen LogP contribution in [0.4, 0.5) is 0 Å². The molecule has 0 saturated carbocycles. The Morgan fingerprint density at radius 1 is 1.35 bits per heavy atom. The van der Waals surface area contributed by atoms with Gasteiger partial charge in [-0.25, -0.2) is 0 Å². The third kappa shape index (κ3) is 3.37. The van der Waals surface area contributed by atoms with E-state index in [4.69, 9.17) is 11.6 Å². The van der Waals surface area contributed by atoms with Crippen LogP contribution in [0.25, 0.3) is 0 Å². The predicted octanol–water partition coefficient (Wildman–Crippen LogP) is 1.72. The number of rotatable bonds is 3. The molecule has 5 heteroatoms. The molecular formula is C12H14ClNO2S. The van der Waals surface area contributed by atoms with Crippen LogP contribution in [0, 0.1) is 0 Å². The zero-order valence-corrected chi connectivity index (χ0v) is 11.0. The zero-order valence-electron chi connectivity index (χ0n) is 9.39. The van der Waals surface area contributed by atoms with Crippen molar-refractivity contribution in [2.24, 2.45) is 0 Å². The number of carbonyl (C=O) groups is 1. The van der Waals surface area contributed by atoms with Gasteiger partial charge in [-0.1, -0.05) is 17.7 Å². The lowest BCUT2D eigenvalue weighted by Crippen LogP contribution is -2.37. The van der Waals surface area contributed by atoms with E-state index in [2.05, 4.69) is 4.90 Å². The minimum absolute atomic E-state index is 0.644. The highest BCUT2D eigenvalue weighted by atomic mass is 35.5. The summed E-state index contributed by atoms with van der Waals surface area (Å²) >= 11 is 6.10. The Kier molecular flexibility index (Phi) is 4.31. The summed E-state index contributed by atoms with van der Waals surface area (Å²) in [5.41, 5.74) is 1.61. The van der Waals surface area contributed by atoms with Gasteiger partial charge in [0.2, 0.25) is 0 Å². The maximum Gasteiger partial charge on any atom is 0.150 e. The average Bonchev–Trinajstić information content (AvgIpc) is 2.35. The molecule has 0 aliphatic carbocycles. The van der Waals surface area contributed by atoms with Gasteiger partial charge in [-0.05, 0) is 17.7 Å². The van der Waals surface area contributed by atoms with Crippen LogP contribution < -0.4 is 0 Å². The second kappa shape index (κ2) is 5.76. The molecule has 0 aromatic heterocycles. The molecule has 17 heavy (non-hydrogen) atoms. The van der Waals surface area contributed by atoms with Gasteiger partial charge in [0.15, 0.2) is 0 Å². The Morgan fingerprint density at radius 3 is 2.71 bits per heavy atom. The molecular weight excluding hydrogens is 258 g/mol. The van der Waals surface area contributed by atoms with E-state index in [-0.39, 0.29) is 0 Å². The molecule has 0 bridgehead atoms. The summed E-state index contributed by atoms with van der Waals surface area (Å²) in [6.45, 7) is 2.38. The predicted molar refractivity (Wildman–Crippen MR) is 70.0 cm³/mol. The first-order valence-corrected chi connectivity index (χ1v) is 7.36. The van der Waals surface area contributed by atoms with Gasteiger partial charge in [0.05, 0.1) is 0 Å². The van der Waals surface area contributed by atoms with E-state index in [9.17, 15) is 9.00 Å². The molecule has 0 amide bonds. The second-order valence-electron chi connectivity index (χ2n) is 4.09. The van der Waals surface area contributed by atoms with Crippen molar-refractivity contribution in [2.75, 3.05) is 24.6 Å². The molecule has 1 aromatic carbocycles. The monoisotopic (exact) mass is 271 g/mol. The van der Waals surface area contributed by atoms with E-state index >= 15 is 0 Å². The van der Waals surface area contributed by atoms with Crippen LogP contribution in [-0.2, 0) is 17.3 Å². The molecule has 3 nitrogen and oxygen atoms in total. The fraction of sp³-hybridized carbons (Fsp3) is 0.417. The van der Waals surface area contributed by atoms with Gasteiger partial charge in [0.25, 0.3) is 0 Å². The summed E-state index contributed by atoms with van der Waals surface area (Å²) in [6, 6.07) is 5.29. The van der Waals surface area contributed by atoms with Crippen molar-refractivity contribution in [3.8, 4) is 0 Å². The first kappa shape index (κ1) is 12.7. The number of hydrogen-bond acceptors (Lipinski definition) is 3. The molecule has 0 spiro atoms. The van der Waals surface area contributed by atoms with E-state index < -0.39 is 10.8 Å². The van der Waals surface area contributed by atoms with E-state index in [1.165, 1.54) is 0 Å². The van der Waals surface area contributed by atoms with E-state index in [0.29, 0.717) is 10.6 Å². The zero-order chi connectivity index (χ0) is 12.3. The Labute approximate surface area is 108 Å². The van der Waals surface area contributed by atoms with Crippen LogP contribution >= 0.6 is 11.6 Å². The number of hydrogen-bond donors (Lipinski definition) is 0. The molecule has 0 atom stereocenters. The number of nitrogens with zero attached hydrogens (tertiary/aromatic N) is 1. The highest BCUT2D eigenvalue weighted by Gasteiger charge is 2.16. The summed E-state index contributed by atoms with van der Waals surface area (Å²) in [5.74, 6) is 1.45. The van der Waals surface area contributed by atoms with Crippen molar-refractivity contribution in [2.45, 2.75) is 6.54 Å². The van der Waals surface area contributed by atoms with Crippen molar-refractivity contribution in [3.63, 3.8) is 0 Å². The number of carbonyl (C=O) groups excluding carboxylic acids is 1. The minimum atomic E-state index is -0.661. The highest BCUT2D eigenvalue weighted by molar-refractivity contribution is 7.85. The van der Waals surface area contributed by atoms with Crippen molar-refractivity contribution < 1.29 is 9.00 Å². The molecule has 1 aromatic rings. The summed E-state index contributed by atoms with van der Waals surface area (Å²) in [5, 5.41) is 0.683. The molecule has 1 fully saturated rings.